The number of benzene rings is 10. The van der Waals surface area contributed by atoms with E-state index in [0.717, 1.165) is 66.4 Å². The zero-order chi connectivity index (χ0) is 45.9. The summed E-state index contributed by atoms with van der Waals surface area (Å²) in [6.45, 7) is 0. The minimum Gasteiger partial charge on any atom is -0.310 e. The van der Waals surface area contributed by atoms with Gasteiger partial charge in [0.15, 0.2) is 23.3 Å². The number of para-hydroxylation sites is 6. The lowest BCUT2D eigenvalue weighted by Gasteiger charge is -2.27. The van der Waals surface area contributed by atoms with E-state index in [1.54, 1.807) is 48.5 Å². The predicted molar refractivity (Wildman–Crippen MR) is 270 cm³/mol. The molecule has 4 nitrogen and oxygen atoms in total. The van der Waals surface area contributed by atoms with Crippen molar-refractivity contribution in [3.63, 3.8) is 0 Å². The molecule has 0 aliphatic carbocycles. The third-order valence-corrected chi connectivity index (χ3v) is 12.8. The van der Waals surface area contributed by atoms with Crippen molar-refractivity contribution in [1.29, 1.82) is 0 Å². The normalized spacial score (nSPS) is 11.5. The van der Waals surface area contributed by atoms with Crippen LogP contribution in [0.2, 0.25) is 0 Å². The zero-order valence-electron chi connectivity index (χ0n) is 36.2. The molecule has 0 amide bonds. The Labute approximate surface area is 389 Å². The van der Waals surface area contributed by atoms with Crippen molar-refractivity contribution >= 4 is 77.7 Å². The maximum Gasteiger partial charge on any atom is 0.186 e. The summed E-state index contributed by atoms with van der Waals surface area (Å²) in [6, 6.07) is 72.6. The van der Waals surface area contributed by atoms with Gasteiger partial charge in [-0.2, -0.15) is 0 Å². The van der Waals surface area contributed by atoms with Crippen LogP contribution in [0.25, 0.3) is 66.1 Å². The second kappa shape index (κ2) is 16.5. The van der Waals surface area contributed by atoms with Crippen LogP contribution in [0, 0.1) is 23.3 Å². The van der Waals surface area contributed by atoms with E-state index in [9.17, 15) is 0 Å². The second-order valence-corrected chi connectivity index (χ2v) is 16.6. The van der Waals surface area contributed by atoms with Crippen LogP contribution in [0.3, 0.4) is 0 Å². The molecule has 10 aromatic carbocycles. The molecular weight excluding hydrogens is 853 g/mol. The molecular formula is C60H38F4N4. The number of hydrogen-bond donors (Lipinski definition) is 0. The third kappa shape index (κ3) is 6.60. The van der Waals surface area contributed by atoms with Crippen molar-refractivity contribution in [2.75, 3.05) is 9.80 Å². The number of nitrogens with zero attached hydrogens (tertiary/aromatic N) is 4. The lowest BCUT2D eigenvalue weighted by Crippen LogP contribution is -2.16. The van der Waals surface area contributed by atoms with Gasteiger partial charge in [-0.3, -0.25) is 0 Å². The van der Waals surface area contributed by atoms with Gasteiger partial charge in [-0.1, -0.05) is 121 Å². The van der Waals surface area contributed by atoms with Gasteiger partial charge in [-0.25, -0.2) is 17.6 Å². The van der Waals surface area contributed by atoms with Crippen LogP contribution in [0.4, 0.5) is 51.7 Å². The summed E-state index contributed by atoms with van der Waals surface area (Å²) in [5, 5.41) is 3.82. The maximum absolute atomic E-state index is 17.0. The van der Waals surface area contributed by atoms with E-state index >= 15 is 17.6 Å². The Morgan fingerprint density at radius 2 is 0.632 bits per heavy atom. The fourth-order valence-corrected chi connectivity index (χ4v) is 9.77. The summed E-state index contributed by atoms with van der Waals surface area (Å²) in [7, 11) is 0. The van der Waals surface area contributed by atoms with Gasteiger partial charge in [0, 0.05) is 61.4 Å². The highest BCUT2D eigenvalue weighted by atomic mass is 19.2. The molecule has 0 fully saturated rings. The summed E-state index contributed by atoms with van der Waals surface area (Å²) in [5.74, 6) is -6.05. The minimum atomic E-state index is -1.52. The molecule has 0 saturated heterocycles. The average Bonchev–Trinajstić information content (AvgIpc) is 3.91. The Morgan fingerprint density at radius 3 is 1.10 bits per heavy atom. The molecule has 0 spiro atoms. The van der Waals surface area contributed by atoms with Gasteiger partial charge in [0.25, 0.3) is 0 Å². The standard InChI is InChI=1S/C60H38F4N4/c61-56-55(39-29-31-44(32-30-39)65(40-17-5-1-6-18-40)45-33-35-53-49(37-45)47-25-13-15-27-51(47)67(53)42-21-9-3-10-22-42)57(62)59(64)60(58(56)63)66(41-19-7-2-8-20-41)46-34-36-54-50(38-46)48-26-14-16-28-52(48)68(54)43-23-11-4-12-24-43/h1-38H. The molecule has 12 rings (SSSR count). The van der Waals surface area contributed by atoms with Crippen LogP contribution >= 0.6 is 0 Å². The van der Waals surface area contributed by atoms with Crippen LogP contribution in [-0.4, -0.2) is 9.13 Å². The number of hydrogen-bond acceptors (Lipinski definition) is 2. The highest BCUT2D eigenvalue weighted by molar-refractivity contribution is 6.12. The first-order valence-corrected chi connectivity index (χ1v) is 22.3. The molecule has 2 heterocycles. The Balaban J connectivity index is 0.962. The molecule has 2 aromatic heterocycles. The first-order valence-electron chi connectivity index (χ1n) is 22.3. The lowest BCUT2D eigenvalue weighted by atomic mass is 10.0. The van der Waals surface area contributed by atoms with Crippen LogP contribution in [-0.2, 0) is 0 Å². The molecule has 0 saturated carbocycles. The van der Waals surface area contributed by atoms with Crippen LogP contribution in [0.15, 0.2) is 231 Å². The summed E-state index contributed by atoms with van der Waals surface area (Å²) in [5.41, 5.74) is 7.17. The van der Waals surface area contributed by atoms with Gasteiger partial charge < -0.3 is 18.9 Å². The van der Waals surface area contributed by atoms with E-state index in [1.165, 1.54) is 17.0 Å². The van der Waals surface area contributed by atoms with E-state index in [-0.39, 0.29) is 5.56 Å². The SMILES string of the molecule is Fc1c(F)c(N(c2ccccc2)c2ccc3c(c2)c2ccccc2n3-c2ccccc2)c(F)c(F)c1-c1ccc(N(c2ccccc2)c2ccc3c(c2)c2ccccc2n3-c2ccccc2)cc1. The fraction of sp³-hybridized carbons (Fsp3) is 0. The van der Waals surface area contributed by atoms with Gasteiger partial charge >= 0.3 is 0 Å². The minimum absolute atomic E-state index is 0.0242. The largest absolute Gasteiger partial charge is 0.310 e. The number of anilines is 6. The number of rotatable bonds is 9. The average molecular weight is 891 g/mol. The van der Waals surface area contributed by atoms with Crippen molar-refractivity contribution in [3.05, 3.63) is 254 Å². The summed E-state index contributed by atoms with van der Waals surface area (Å²) in [6.07, 6.45) is 0. The molecule has 0 aliphatic rings. The quantitative estimate of drug-likeness (QED) is 0.106. The van der Waals surface area contributed by atoms with Gasteiger partial charge in [0.05, 0.1) is 27.6 Å². The smallest absolute Gasteiger partial charge is 0.186 e. The highest BCUT2D eigenvalue weighted by Gasteiger charge is 2.32. The van der Waals surface area contributed by atoms with Gasteiger partial charge in [0.2, 0.25) is 0 Å². The van der Waals surface area contributed by atoms with Crippen molar-refractivity contribution in [2.24, 2.45) is 0 Å². The molecule has 0 bridgehead atoms. The van der Waals surface area contributed by atoms with Crippen LogP contribution in [0.5, 0.6) is 0 Å². The third-order valence-electron chi connectivity index (χ3n) is 12.8. The monoisotopic (exact) mass is 890 g/mol. The molecule has 326 valence electrons. The Morgan fingerprint density at radius 1 is 0.279 bits per heavy atom. The Hall–Kier alpha value is -8.88. The first-order chi connectivity index (χ1) is 33.4. The topological polar surface area (TPSA) is 16.3 Å². The van der Waals surface area contributed by atoms with Gasteiger partial charge in [-0.15, -0.1) is 0 Å². The lowest BCUT2D eigenvalue weighted by molar-refractivity contribution is 0.461. The summed E-state index contributed by atoms with van der Waals surface area (Å²) in [4.78, 5) is 3.28. The molecule has 0 N–H and O–H groups in total. The molecule has 8 heteroatoms. The van der Waals surface area contributed by atoms with Crippen molar-refractivity contribution in [1.82, 2.24) is 9.13 Å². The van der Waals surface area contributed by atoms with E-state index in [1.807, 2.05) is 138 Å². The van der Waals surface area contributed by atoms with Gasteiger partial charge in [-0.05, 0) is 115 Å². The fourth-order valence-electron chi connectivity index (χ4n) is 9.77. The maximum atomic E-state index is 17.0. The van der Waals surface area contributed by atoms with E-state index in [0.29, 0.717) is 17.1 Å². The van der Waals surface area contributed by atoms with Crippen molar-refractivity contribution < 1.29 is 17.6 Å². The number of aromatic nitrogens is 2. The van der Waals surface area contributed by atoms with Crippen molar-refractivity contribution in [2.45, 2.75) is 0 Å². The van der Waals surface area contributed by atoms with Crippen LogP contribution in [0.1, 0.15) is 0 Å². The van der Waals surface area contributed by atoms with E-state index < -0.39 is 34.5 Å². The summed E-state index contributed by atoms with van der Waals surface area (Å²) >= 11 is 0. The highest BCUT2D eigenvalue weighted by Crippen LogP contribution is 2.46. The molecule has 12 aromatic rings. The summed E-state index contributed by atoms with van der Waals surface area (Å²) < 4.78 is 71.9. The van der Waals surface area contributed by atoms with Gasteiger partial charge in [0.1, 0.15) is 5.69 Å². The molecule has 0 radical (unpaired) electrons. The molecule has 68 heavy (non-hydrogen) atoms. The van der Waals surface area contributed by atoms with E-state index in [4.69, 9.17) is 0 Å². The molecule has 0 aliphatic heterocycles. The predicted octanol–water partition coefficient (Wildman–Crippen LogP) is 17.0. The Kier molecular flexibility index (Phi) is 9.87. The molecule has 0 atom stereocenters. The Bertz CT molecular complexity index is 3800. The van der Waals surface area contributed by atoms with Crippen molar-refractivity contribution in [3.8, 4) is 22.5 Å². The first kappa shape index (κ1) is 40.6. The molecule has 0 unspecified atom stereocenters. The zero-order valence-corrected chi connectivity index (χ0v) is 36.2. The van der Waals surface area contributed by atoms with E-state index in [2.05, 4.69) is 45.5 Å². The number of halogens is 4. The number of fused-ring (bicyclic) bond motifs is 6. The van der Waals surface area contributed by atoms with Crippen LogP contribution < -0.4 is 9.80 Å². The second-order valence-electron chi connectivity index (χ2n) is 16.6.